The van der Waals surface area contributed by atoms with Crippen LogP contribution >= 0.6 is 11.6 Å². The van der Waals surface area contributed by atoms with E-state index >= 15 is 0 Å². The minimum absolute atomic E-state index is 0.774. The number of ether oxygens (including phenoxy) is 1. The number of hydrogen-bond donors (Lipinski definition) is 1. The highest BCUT2D eigenvalue weighted by atomic mass is 35.5. The molecule has 98 valence electrons. The van der Waals surface area contributed by atoms with Crippen molar-refractivity contribution in [3.63, 3.8) is 0 Å². The van der Waals surface area contributed by atoms with Crippen molar-refractivity contribution < 1.29 is 4.74 Å². The van der Waals surface area contributed by atoms with Gasteiger partial charge in [-0.1, -0.05) is 29.8 Å². The molecular weight excluding hydrogens is 258 g/mol. The van der Waals surface area contributed by atoms with Crippen LogP contribution in [0.25, 0.3) is 11.1 Å². The van der Waals surface area contributed by atoms with E-state index in [9.17, 15) is 0 Å². The first kappa shape index (κ1) is 12.5. The van der Waals surface area contributed by atoms with Gasteiger partial charge in [0.25, 0.3) is 0 Å². The maximum Gasteiger partial charge on any atom is 0.123 e. The number of hydrogen-bond acceptors (Lipinski definition) is 2. The molecule has 3 rings (SSSR count). The molecule has 1 aliphatic rings. The summed E-state index contributed by atoms with van der Waals surface area (Å²) in [6, 6.07) is 12.2. The van der Waals surface area contributed by atoms with Gasteiger partial charge in [0, 0.05) is 17.1 Å². The second kappa shape index (κ2) is 5.24. The lowest BCUT2D eigenvalue weighted by Crippen LogP contribution is -2.24. The van der Waals surface area contributed by atoms with Crippen LogP contribution in [-0.2, 0) is 13.0 Å². The number of benzene rings is 2. The zero-order chi connectivity index (χ0) is 13.2. The molecule has 0 spiro atoms. The Morgan fingerprint density at radius 3 is 2.84 bits per heavy atom. The minimum Gasteiger partial charge on any atom is -0.496 e. The van der Waals surface area contributed by atoms with Crippen LogP contribution in [0.1, 0.15) is 11.1 Å². The molecule has 0 saturated heterocycles. The lowest BCUT2D eigenvalue weighted by atomic mass is 9.91. The Morgan fingerprint density at radius 1 is 1.16 bits per heavy atom. The van der Waals surface area contributed by atoms with E-state index < -0.39 is 0 Å². The summed E-state index contributed by atoms with van der Waals surface area (Å²) in [4.78, 5) is 0. The van der Waals surface area contributed by atoms with Gasteiger partial charge in [-0.15, -0.1) is 0 Å². The van der Waals surface area contributed by atoms with Crippen LogP contribution in [0.3, 0.4) is 0 Å². The monoisotopic (exact) mass is 273 g/mol. The highest BCUT2D eigenvalue weighted by Crippen LogP contribution is 2.34. The number of methoxy groups -OCH3 is 1. The zero-order valence-corrected chi connectivity index (χ0v) is 11.6. The summed E-state index contributed by atoms with van der Waals surface area (Å²) < 4.78 is 5.46. The highest BCUT2D eigenvalue weighted by molar-refractivity contribution is 6.30. The van der Waals surface area contributed by atoms with Crippen LogP contribution in [0, 0.1) is 0 Å². The van der Waals surface area contributed by atoms with Crippen LogP contribution in [0.2, 0.25) is 5.02 Å². The molecule has 2 nitrogen and oxygen atoms in total. The first-order valence-corrected chi connectivity index (χ1v) is 6.83. The van der Waals surface area contributed by atoms with Crippen molar-refractivity contribution in [3.8, 4) is 16.9 Å². The predicted octanol–water partition coefficient (Wildman–Crippen LogP) is 3.66. The van der Waals surface area contributed by atoms with Gasteiger partial charge in [-0.25, -0.2) is 0 Å². The SMILES string of the molecule is COc1ccc(-c2cccc(Cl)c2)c2c1CNCC2. The molecule has 2 aromatic carbocycles. The topological polar surface area (TPSA) is 21.3 Å². The average molecular weight is 274 g/mol. The van der Waals surface area contributed by atoms with Gasteiger partial charge in [-0.3, -0.25) is 0 Å². The Kier molecular flexibility index (Phi) is 3.45. The molecule has 0 aromatic heterocycles. The normalized spacial score (nSPS) is 14.0. The number of rotatable bonds is 2. The van der Waals surface area contributed by atoms with E-state index in [1.807, 2.05) is 24.3 Å². The molecule has 0 fully saturated rings. The van der Waals surface area contributed by atoms with E-state index in [0.29, 0.717) is 0 Å². The van der Waals surface area contributed by atoms with Crippen molar-refractivity contribution in [2.45, 2.75) is 13.0 Å². The molecule has 0 amide bonds. The Morgan fingerprint density at radius 2 is 2.05 bits per heavy atom. The fourth-order valence-corrected chi connectivity index (χ4v) is 2.89. The summed E-state index contributed by atoms with van der Waals surface area (Å²) in [6.45, 7) is 1.88. The van der Waals surface area contributed by atoms with Crippen LogP contribution in [0.5, 0.6) is 5.75 Å². The number of nitrogens with one attached hydrogen (secondary N) is 1. The lowest BCUT2D eigenvalue weighted by molar-refractivity contribution is 0.405. The van der Waals surface area contributed by atoms with Gasteiger partial charge in [-0.05, 0) is 47.9 Å². The fourth-order valence-electron chi connectivity index (χ4n) is 2.70. The molecule has 3 heteroatoms. The molecular formula is C16H16ClNO. The quantitative estimate of drug-likeness (QED) is 0.902. The van der Waals surface area contributed by atoms with Gasteiger partial charge in [-0.2, -0.15) is 0 Å². The molecule has 2 aromatic rings. The molecule has 1 heterocycles. The maximum atomic E-state index is 6.10. The molecule has 0 atom stereocenters. The first-order valence-electron chi connectivity index (χ1n) is 6.45. The van der Waals surface area contributed by atoms with Crippen LogP contribution < -0.4 is 10.1 Å². The molecule has 19 heavy (non-hydrogen) atoms. The van der Waals surface area contributed by atoms with E-state index in [0.717, 1.165) is 30.3 Å². The van der Waals surface area contributed by atoms with Gasteiger partial charge >= 0.3 is 0 Å². The third kappa shape index (κ3) is 2.34. The molecule has 0 unspecified atom stereocenters. The van der Waals surface area contributed by atoms with Gasteiger partial charge in [0.2, 0.25) is 0 Å². The van der Waals surface area contributed by atoms with Crippen molar-refractivity contribution in [2.75, 3.05) is 13.7 Å². The lowest BCUT2D eigenvalue weighted by Gasteiger charge is -2.23. The maximum absolute atomic E-state index is 6.10. The van der Waals surface area contributed by atoms with E-state index in [-0.39, 0.29) is 0 Å². The molecule has 0 bridgehead atoms. The predicted molar refractivity (Wildman–Crippen MR) is 78.9 cm³/mol. The Bertz CT molecular complexity index is 610. The number of halogens is 1. The van der Waals surface area contributed by atoms with Gasteiger partial charge in [0.1, 0.15) is 5.75 Å². The highest BCUT2D eigenvalue weighted by Gasteiger charge is 2.18. The van der Waals surface area contributed by atoms with Crippen molar-refractivity contribution in [2.24, 2.45) is 0 Å². The summed E-state index contributed by atoms with van der Waals surface area (Å²) >= 11 is 6.10. The third-order valence-electron chi connectivity index (χ3n) is 3.60. The summed E-state index contributed by atoms with van der Waals surface area (Å²) in [5.41, 5.74) is 5.08. The zero-order valence-electron chi connectivity index (χ0n) is 10.9. The molecule has 1 N–H and O–H groups in total. The Labute approximate surface area is 118 Å². The van der Waals surface area contributed by atoms with E-state index in [2.05, 4.69) is 17.4 Å². The fraction of sp³-hybridized carbons (Fsp3) is 0.250. The second-order valence-electron chi connectivity index (χ2n) is 4.71. The standard InChI is InChI=1S/C16H16ClNO/c1-19-16-6-5-13(11-3-2-4-12(17)9-11)14-7-8-18-10-15(14)16/h2-6,9,18H,7-8,10H2,1H3. The third-order valence-corrected chi connectivity index (χ3v) is 3.83. The van der Waals surface area contributed by atoms with Crippen molar-refractivity contribution in [1.29, 1.82) is 0 Å². The van der Waals surface area contributed by atoms with Gasteiger partial charge < -0.3 is 10.1 Å². The van der Waals surface area contributed by atoms with Crippen molar-refractivity contribution in [3.05, 3.63) is 52.5 Å². The summed E-state index contributed by atoms with van der Waals surface area (Å²) in [7, 11) is 1.73. The number of fused-ring (bicyclic) bond motifs is 1. The van der Waals surface area contributed by atoms with Crippen LogP contribution in [-0.4, -0.2) is 13.7 Å². The average Bonchev–Trinajstić information content (AvgIpc) is 2.46. The Balaban J connectivity index is 2.17. The largest absolute Gasteiger partial charge is 0.496 e. The van der Waals surface area contributed by atoms with E-state index in [1.54, 1.807) is 7.11 Å². The van der Waals surface area contributed by atoms with Gasteiger partial charge in [0.15, 0.2) is 0 Å². The summed E-state index contributed by atoms with van der Waals surface area (Å²) in [5, 5.41) is 4.17. The van der Waals surface area contributed by atoms with Crippen molar-refractivity contribution in [1.82, 2.24) is 5.32 Å². The van der Waals surface area contributed by atoms with Crippen LogP contribution in [0.15, 0.2) is 36.4 Å². The van der Waals surface area contributed by atoms with Crippen molar-refractivity contribution >= 4 is 11.6 Å². The van der Waals surface area contributed by atoms with Gasteiger partial charge in [0.05, 0.1) is 7.11 Å². The second-order valence-corrected chi connectivity index (χ2v) is 5.15. The van der Waals surface area contributed by atoms with E-state index in [1.165, 1.54) is 22.3 Å². The summed E-state index contributed by atoms with van der Waals surface area (Å²) in [5.74, 6) is 0.966. The van der Waals surface area contributed by atoms with E-state index in [4.69, 9.17) is 16.3 Å². The molecule has 0 saturated carbocycles. The summed E-state index contributed by atoms with van der Waals surface area (Å²) in [6.07, 6.45) is 1.02. The molecule has 0 radical (unpaired) electrons. The Hall–Kier alpha value is -1.51. The first-order chi connectivity index (χ1) is 9.29. The molecule has 0 aliphatic carbocycles. The smallest absolute Gasteiger partial charge is 0.123 e. The minimum atomic E-state index is 0.774. The van der Waals surface area contributed by atoms with Crippen LogP contribution in [0.4, 0.5) is 0 Å². The molecule has 1 aliphatic heterocycles.